The summed E-state index contributed by atoms with van der Waals surface area (Å²) >= 11 is 11.9. The number of phenols is 1. The van der Waals surface area contributed by atoms with Gasteiger partial charge in [-0.15, -0.1) is 0 Å². The summed E-state index contributed by atoms with van der Waals surface area (Å²) in [5, 5.41) is 10.7. The smallest absolute Gasteiger partial charge is 0.274 e. The number of carbonyl (C=O) groups is 1. The molecule has 1 aliphatic rings. The van der Waals surface area contributed by atoms with Crippen molar-refractivity contribution in [1.29, 1.82) is 0 Å². The molecule has 0 radical (unpaired) electrons. The number of aromatic hydroxyl groups is 1. The molecule has 1 fully saturated rings. The Labute approximate surface area is 160 Å². The minimum absolute atomic E-state index is 0.0301. The molecule has 1 saturated heterocycles. The SMILES string of the molecule is Nc1cnc(C(=O)N2CCC([C@@H](N)c3cc(Cl)c(Cl)cc3O)CC2)cn1. The van der Waals surface area contributed by atoms with E-state index in [1.54, 1.807) is 11.0 Å². The summed E-state index contributed by atoms with van der Waals surface area (Å²) in [6.45, 7) is 1.09. The molecule has 1 atom stereocenters. The zero-order chi connectivity index (χ0) is 18.8. The van der Waals surface area contributed by atoms with Crippen LogP contribution in [0.1, 0.15) is 34.9 Å². The van der Waals surface area contributed by atoms with Crippen molar-refractivity contribution in [3.05, 3.63) is 45.8 Å². The Balaban J connectivity index is 1.65. The van der Waals surface area contributed by atoms with Crippen LogP contribution in [0.15, 0.2) is 24.5 Å². The highest BCUT2D eigenvalue weighted by Crippen LogP contribution is 2.37. The van der Waals surface area contributed by atoms with E-state index in [2.05, 4.69) is 9.97 Å². The molecule has 1 aromatic heterocycles. The largest absolute Gasteiger partial charge is 0.508 e. The zero-order valence-electron chi connectivity index (χ0n) is 13.9. The molecule has 0 bridgehead atoms. The number of nitrogens with zero attached hydrogens (tertiary/aromatic N) is 3. The van der Waals surface area contributed by atoms with Crippen molar-refractivity contribution in [2.24, 2.45) is 11.7 Å². The fourth-order valence-electron chi connectivity index (χ4n) is 3.14. The van der Waals surface area contributed by atoms with E-state index in [9.17, 15) is 9.90 Å². The molecule has 0 saturated carbocycles. The highest BCUT2D eigenvalue weighted by Gasteiger charge is 2.30. The third-order valence-corrected chi connectivity index (χ3v) is 5.38. The van der Waals surface area contributed by atoms with E-state index in [1.165, 1.54) is 18.5 Å². The summed E-state index contributed by atoms with van der Waals surface area (Å²) in [6, 6.07) is 2.61. The number of likely N-dealkylation sites (tertiary alicyclic amines) is 1. The second-order valence-corrected chi connectivity index (χ2v) is 7.12. The first-order chi connectivity index (χ1) is 12.4. The van der Waals surface area contributed by atoms with Gasteiger partial charge in [0.25, 0.3) is 5.91 Å². The number of phenolic OH excluding ortho intramolecular Hbond substituents is 1. The molecule has 1 aromatic carbocycles. The van der Waals surface area contributed by atoms with Crippen molar-refractivity contribution in [3.63, 3.8) is 0 Å². The molecular weight excluding hydrogens is 377 g/mol. The fourth-order valence-corrected chi connectivity index (χ4v) is 3.47. The number of carbonyl (C=O) groups excluding carboxylic acids is 1. The lowest BCUT2D eigenvalue weighted by atomic mass is 9.85. The molecule has 2 heterocycles. The van der Waals surface area contributed by atoms with Crippen LogP contribution in [0.3, 0.4) is 0 Å². The van der Waals surface area contributed by atoms with Crippen molar-refractivity contribution in [3.8, 4) is 5.75 Å². The summed E-state index contributed by atoms with van der Waals surface area (Å²) in [4.78, 5) is 22.1. The standard InChI is InChI=1S/C17H19Cl2N5O2/c18-11-5-10(14(25)6-12(11)19)16(21)9-1-3-24(4-2-9)17(26)13-7-23-15(20)8-22-13/h5-9,16,25H,1-4,21H2,(H2,20,23)/t16-/m1/s1. The van der Waals surface area contributed by atoms with Crippen molar-refractivity contribution in [2.75, 3.05) is 18.8 Å². The minimum atomic E-state index is -0.390. The van der Waals surface area contributed by atoms with Crippen molar-refractivity contribution in [2.45, 2.75) is 18.9 Å². The molecule has 3 rings (SSSR count). The third-order valence-electron chi connectivity index (χ3n) is 4.65. The Kier molecular flexibility index (Phi) is 5.50. The first kappa shape index (κ1) is 18.7. The number of nitrogen functional groups attached to an aromatic ring is 1. The van der Waals surface area contributed by atoms with Crippen LogP contribution in [0.25, 0.3) is 0 Å². The lowest BCUT2D eigenvalue weighted by Gasteiger charge is -2.35. The number of anilines is 1. The molecule has 0 unspecified atom stereocenters. The van der Waals surface area contributed by atoms with E-state index in [0.717, 1.165) is 0 Å². The molecule has 1 amide bonds. The van der Waals surface area contributed by atoms with Crippen LogP contribution >= 0.6 is 23.2 Å². The molecular formula is C17H19Cl2N5O2. The first-order valence-electron chi connectivity index (χ1n) is 8.17. The van der Waals surface area contributed by atoms with Gasteiger partial charge in [0.2, 0.25) is 0 Å². The summed E-state index contributed by atoms with van der Waals surface area (Å²) in [6.07, 6.45) is 4.15. The van der Waals surface area contributed by atoms with Crippen molar-refractivity contribution in [1.82, 2.24) is 14.9 Å². The van der Waals surface area contributed by atoms with Gasteiger partial charge in [-0.1, -0.05) is 23.2 Å². The van der Waals surface area contributed by atoms with E-state index in [0.29, 0.717) is 36.5 Å². The molecule has 0 aliphatic carbocycles. The van der Waals surface area contributed by atoms with Gasteiger partial charge < -0.3 is 21.5 Å². The van der Waals surface area contributed by atoms with E-state index in [4.69, 9.17) is 34.7 Å². The lowest BCUT2D eigenvalue weighted by Crippen LogP contribution is -2.41. The van der Waals surface area contributed by atoms with E-state index >= 15 is 0 Å². The van der Waals surface area contributed by atoms with E-state index in [-0.39, 0.29) is 34.1 Å². The quantitative estimate of drug-likeness (QED) is 0.734. The van der Waals surface area contributed by atoms with E-state index in [1.807, 2.05) is 0 Å². The Hall–Kier alpha value is -2.09. The van der Waals surface area contributed by atoms with Crippen molar-refractivity contribution >= 4 is 34.9 Å². The molecule has 26 heavy (non-hydrogen) atoms. The predicted molar refractivity (Wildman–Crippen MR) is 100 cm³/mol. The maximum absolute atomic E-state index is 12.5. The van der Waals surface area contributed by atoms with Gasteiger partial charge in [0.15, 0.2) is 0 Å². The fraction of sp³-hybridized carbons (Fsp3) is 0.353. The lowest BCUT2D eigenvalue weighted by molar-refractivity contribution is 0.0671. The number of halogens is 2. The van der Waals surface area contributed by atoms with Gasteiger partial charge in [0, 0.05) is 30.8 Å². The molecule has 7 nitrogen and oxygen atoms in total. The van der Waals surface area contributed by atoms with Gasteiger partial charge in [-0.05, 0) is 24.8 Å². The highest BCUT2D eigenvalue weighted by atomic mass is 35.5. The Bertz CT molecular complexity index is 808. The summed E-state index contributed by atoms with van der Waals surface area (Å²) in [5.41, 5.74) is 12.7. The predicted octanol–water partition coefficient (Wildman–Crippen LogP) is 2.62. The van der Waals surface area contributed by atoms with Gasteiger partial charge in [0.1, 0.15) is 17.3 Å². The zero-order valence-corrected chi connectivity index (χ0v) is 15.4. The Morgan fingerprint density at radius 3 is 2.46 bits per heavy atom. The number of amides is 1. The summed E-state index contributed by atoms with van der Waals surface area (Å²) in [5.74, 6) is 0.233. The average Bonchev–Trinajstić information content (AvgIpc) is 2.64. The van der Waals surface area contributed by atoms with Gasteiger partial charge in [-0.2, -0.15) is 0 Å². The molecule has 138 valence electrons. The van der Waals surface area contributed by atoms with Crippen LogP contribution in [0.2, 0.25) is 10.0 Å². The molecule has 1 aliphatic heterocycles. The maximum Gasteiger partial charge on any atom is 0.274 e. The topological polar surface area (TPSA) is 118 Å². The van der Waals surface area contributed by atoms with Crippen LogP contribution in [0, 0.1) is 5.92 Å². The highest BCUT2D eigenvalue weighted by molar-refractivity contribution is 6.42. The second kappa shape index (κ2) is 7.65. The van der Waals surface area contributed by atoms with Gasteiger partial charge >= 0.3 is 0 Å². The summed E-state index contributed by atoms with van der Waals surface area (Å²) in [7, 11) is 0. The normalized spacial score (nSPS) is 16.5. The Morgan fingerprint density at radius 1 is 1.19 bits per heavy atom. The first-order valence-corrected chi connectivity index (χ1v) is 8.92. The molecule has 0 spiro atoms. The van der Waals surface area contributed by atoms with Crippen LogP contribution in [-0.4, -0.2) is 39.0 Å². The number of hydrogen-bond donors (Lipinski definition) is 3. The molecule has 2 aromatic rings. The average molecular weight is 396 g/mol. The van der Waals surface area contributed by atoms with Gasteiger partial charge in [0.05, 0.1) is 22.4 Å². The minimum Gasteiger partial charge on any atom is -0.508 e. The van der Waals surface area contributed by atoms with E-state index < -0.39 is 6.04 Å². The third kappa shape index (κ3) is 3.85. The molecule has 5 N–H and O–H groups in total. The second-order valence-electron chi connectivity index (χ2n) is 6.31. The summed E-state index contributed by atoms with van der Waals surface area (Å²) < 4.78 is 0. The maximum atomic E-state index is 12.5. The number of hydrogen-bond acceptors (Lipinski definition) is 6. The number of rotatable bonds is 3. The van der Waals surface area contributed by atoms with Crippen LogP contribution < -0.4 is 11.5 Å². The number of piperidine rings is 1. The van der Waals surface area contributed by atoms with Crippen molar-refractivity contribution < 1.29 is 9.90 Å². The number of benzene rings is 1. The Morgan fingerprint density at radius 2 is 1.85 bits per heavy atom. The van der Waals surface area contributed by atoms with Crippen LogP contribution in [0.5, 0.6) is 5.75 Å². The van der Waals surface area contributed by atoms with Gasteiger partial charge in [-0.25, -0.2) is 9.97 Å². The van der Waals surface area contributed by atoms with Crippen LogP contribution in [0.4, 0.5) is 5.82 Å². The van der Waals surface area contributed by atoms with Crippen LogP contribution in [-0.2, 0) is 0 Å². The monoisotopic (exact) mass is 395 g/mol. The number of nitrogens with two attached hydrogens (primary N) is 2. The van der Waals surface area contributed by atoms with Gasteiger partial charge in [-0.3, -0.25) is 4.79 Å². The molecule has 9 heteroatoms. The number of aromatic nitrogens is 2.